The summed E-state index contributed by atoms with van der Waals surface area (Å²) in [4.78, 5) is 4.55. The molecule has 0 heterocycles. The highest BCUT2D eigenvalue weighted by Gasteiger charge is 2.14. The number of likely N-dealkylation sites (N-methyl/N-ethyl adjacent to an activating group) is 1. The highest BCUT2D eigenvalue weighted by molar-refractivity contribution is 5.81. The number of aliphatic hydroxyl groups excluding tert-OH is 1. The predicted molar refractivity (Wildman–Crippen MR) is 125 cm³/mol. The van der Waals surface area contributed by atoms with Gasteiger partial charge in [-0.3, -0.25) is 5.01 Å². The Kier molecular flexibility index (Phi) is 9.68. The van der Waals surface area contributed by atoms with Crippen molar-refractivity contribution in [1.29, 1.82) is 0 Å². The molecule has 2 aromatic carbocycles. The maximum Gasteiger partial charge on any atom is 0.0862 e. The Morgan fingerprint density at radius 3 is 1.97 bits per heavy atom. The fraction of sp³-hybridized carbons (Fsp3) is 0.458. The third-order valence-corrected chi connectivity index (χ3v) is 5.17. The zero-order valence-electron chi connectivity index (χ0n) is 18.3. The van der Waals surface area contributed by atoms with E-state index in [2.05, 4.69) is 61.8 Å². The van der Waals surface area contributed by atoms with E-state index in [1.165, 1.54) is 5.69 Å². The van der Waals surface area contributed by atoms with Crippen LogP contribution in [0.3, 0.4) is 0 Å². The van der Waals surface area contributed by atoms with Crippen LogP contribution in [0.15, 0.2) is 59.7 Å². The molecule has 2 rings (SSSR count). The van der Waals surface area contributed by atoms with Gasteiger partial charge in [0.05, 0.1) is 24.6 Å². The van der Waals surface area contributed by atoms with Gasteiger partial charge in [-0.1, -0.05) is 44.2 Å². The van der Waals surface area contributed by atoms with Crippen molar-refractivity contribution in [3.8, 4) is 0 Å². The zero-order valence-corrected chi connectivity index (χ0v) is 18.3. The van der Waals surface area contributed by atoms with Gasteiger partial charge in [-0.05, 0) is 56.8 Å². The fourth-order valence-corrected chi connectivity index (χ4v) is 3.35. The second-order valence-corrected chi connectivity index (χ2v) is 7.07. The number of anilines is 2. The minimum atomic E-state index is -0.475. The zero-order chi connectivity index (χ0) is 21.1. The van der Waals surface area contributed by atoms with Crippen molar-refractivity contribution < 1.29 is 5.11 Å². The summed E-state index contributed by atoms with van der Waals surface area (Å²) in [7, 11) is 0. The van der Waals surface area contributed by atoms with Crippen LogP contribution in [0, 0.1) is 0 Å². The summed E-state index contributed by atoms with van der Waals surface area (Å²) in [6, 6.07) is 18.5. The van der Waals surface area contributed by atoms with Crippen molar-refractivity contribution >= 4 is 17.6 Å². The minimum absolute atomic E-state index is 0.453. The lowest BCUT2D eigenvalue weighted by Gasteiger charge is -2.26. The van der Waals surface area contributed by atoms with Crippen molar-refractivity contribution in [2.45, 2.75) is 33.8 Å². The molecule has 5 heteroatoms. The van der Waals surface area contributed by atoms with Crippen LogP contribution in [0.4, 0.5) is 11.4 Å². The molecule has 158 valence electrons. The molecule has 1 unspecified atom stereocenters. The average Bonchev–Trinajstić information content (AvgIpc) is 2.77. The summed E-state index contributed by atoms with van der Waals surface area (Å²) in [5.74, 6) is 0. The highest BCUT2D eigenvalue weighted by atomic mass is 16.3. The van der Waals surface area contributed by atoms with E-state index in [0.717, 1.165) is 37.4 Å². The average molecular weight is 397 g/mol. The first-order valence-corrected chi connectivity index (χ1v) is 10.7. The van der Waals surface area contributed by atoms with E-state index in [0.29, 0.717) is 13.1 Å². The number of hydrogen-bond donors (Lipinski definition) is 1. The van der Waals surface area contributed by atoms with Gasteiger partial charge in [-0.25, -0.2) is 0 Å². The molecule has 0 fully saturated rings. The molecule has 0 radical (unpaired) electrons. The SMILES string of the molecule is CCN(CC)CC(O)CN(/N=C/c1ccc(N(CC)CC)cc1)c1ccccc1. The second-order valence-electron chi connectivity index (χ2n) is 7.07. The van der Waals surface area contributed by atoms with E-state index in [9.17, 15) is 5.11 Å². The smallest absolute Gasteiger partial charge is 0.0862 e. The number of aliphatic hydroxyl groups is 1. The Morgan fingerprint density at radius 2 is 1.41 bits per heavy atom. The van der Waals surface area contributed by atoms with Gasteiger partial charge in [-0.2, -0.15) is 5.10 Å². The Labute approximate surface area is 176 Å². The first kappa shape index (κ1) is 22.9. The lowest BCUT2D eigenvalue weighted by atomic mass is 10.2. The van der Waals surface area contributed by atoms with Crippen LogP contribution >= 0.6 is 0 Å². The van der Waals surface area contributed by atoms with E-state index >= 15 is 0 Å². The van der Waals surface area contributed by atoms with E-state index in [4.69, 9.17) is 5.10 Å². The molecular formula is C24H36N4O. The molecule has 0 saturated heterocycles. The molecule has 0 aliphatic rings. The van der Waals surface area contributed by atoms with E-state index in [1.807, 2.05) is 41.6 Å². The first-order valence-electron chi connectivity index (χ1n) is 10.7. The monoisotopic (exact) mass is 396 g/mol. The standard InChI is InChI=1S/C24H36N4O/c1-5-26(6-2)19-24(29)20-28(23-12-10-9-11-13-23)25-18-21-14-16-22(17-15-21)27(7-3)8-4/h9-18,24,29H,5-8,19-20H2,1-4H3/b25-18+. The molecule has 0 aliphatic heterocycles. The van der Waals surface area contributed by atoms with Gasteiger partial charge in [0.25, 0.3) is 0 Å². The molecule has 0 aliphatic carbocycles. The Bertz CT molecular complexity index is 709. The fourth-order valence-electron chi connectivity index (χ4n) is 3.35. The number of para-hydroxylation sites is 1. The quantitative estimate of drug-likeness (QED) is 0.434. The number of hydrogen-bond acceptors (Lipinski definition) is 5. The van der Waals surface area contributed by atoms with Crippen molar-refractivity contribution in [2.24, 2.45) is 5.10 Å². The molecule has 1 N–H and O–H groups in total. The highest BCUT2D eigenvalue weighted by Crippen LogP contribution is 2.16. The summed E-state index contributed by atoms with van der Waals surface area (Å²) < 4.78 is 0. The number of hydrazone groups is 1. The lowest BCUT2D eigenvalue weighted by molar-refractivity contribution is 0.123. The van der Waals surface area contributed by atoms with Crippen LogP contribution < -0.4 is 9.91 Å². The molecule has 29 heavy (non-hydrogen) atoms. The minimum Gasteiger partial charge on any atom is -0.390 e. The maximum atomic E-state index is 10.6. The third-order valence-electron chi connectivity index (χ3n) is 5.17. The van der Waals surface area contributed by atoms with Gasteiger partial charge < -0.3 is 14.9 Å². The predicted octanol–water partition coefficient (Wildman–Crippen LogP) is 4.08. The first-order chi connectivity index (χ1) is 14.1. The van der Waals surface area contributed by atoms with Crippen molar-refractivity contribution in [3.05, 3.63) is 60.2 Å². The van der Waals surface area contributed by atoms with Crippen LogP contribution in [-0.4, -0.2) is 61.6 Å². The van der Waals surface area contributed by atoms with Crippen molar-refractivity contribution in [3.63, 3.8) is 0 Å². The number of rotatable bonds is 12. The maximum absolute atomic E-state index is 10.6. The molecule has 0 bridgehead atoms. The van der Waals surface area contributed by atoms with Crippen LogP contribution in [0.1, 0.15) is 33.3 Å². The van der Waals surface area contributed by atoms with Crippen LogP contribution in [0.25, 0.3) is 0 Å². The summed E-state index contributed by atoms with van der Waals surface area (Å²) >= 11 is 0. The van der Waals surface area contributed by atoms with Crippen molar-refractivity contribution in [2.75, 3.05) is 49.2 Å². The van der Waals surface area contributed by atoms with E-state index < -0.39 is 6.10 Å². The topological polar surface area (TPSA) is 42.3 Å². The molecule has 0 saturated carbocycles. The van der Waals surface area contributed by atoms with Gasteiger partial charge in [0.1, 0.15) is 0 Å². The Morgan fingerprint density at radius 1 is 0.793 bits per heavy atom. The summed E-state index contributed by atoms with van der Waals surface area (Å²) in [5, 5.41) is 17.2. The molecule has 2 aromatic rings. The summed E-state index contributed by atoms with van der Waals surface area (Å²) in [5.41, 5.74) is 3.24. The van der Waals surface area contributed by atoms with Crippen molar-refractivity contribution in [1.82, 2.24) is 4.90 Å². The molecular weight excluding hydrogens is 360 g/mol. The van der Waals surface area contributed by atoms with E-state index in [1.54, 1.807) is 0 Å². The molecule has 0 spiro atoms. The number of nitrogens with zero attached hydrogens (tertiary/aromatic N) is 4. The summed E-state index contributed by atoms with van der Waals surface area (Å²) in [6.45, 7) is 13.5. The number of benzene rings is 2. The molecule has 0 aromatic heterocycles. The third kappa shape index (κ3) is 7.18. The van der Waals surface area contributed by atoms with Gasteiger partial charge in [0.2, 0.25) is 0 Å². The normalized spacial score (nSPS) is 12.5. The lowest BCUT2D eigenvalue weighted by Crippen LogP contribution is -2.38. The largest absolute Gasteiger partial charge is 0.390 e. The Hall–Kier alpha value is -2.37. The van der Waals surface area contributed by atoms with Gasteiger partial charge in [0, 0.05) is 25.3 Å². The molecule has 0 amide bonds. The van der Waals surface area contributed by atoms with Crippen LogP contribution in [-0.2, 0) is 0 Å². The Balaban J connectivity index is 2.13. The molecule has 1 atom stereocenters. The second kappa shape index (κ2) is 12.2. The van der Waals surface area contributed by atoms with Gasteiger partial charge in [0.15, 0.2) is 0 Å². The molecule has 5 nitrogen and oxygen atoms in total. The summed E-state index contributed by atoms with van der Waals surface area (Å²) in [6.07, 6.45) is 1.39. The van der Waals surface area contributed by atoms with Crippen LogP contribution in [0.5, 0.6) is 0 Å². The van der Waals surface area contributed by atoms with Gasteiger partial charge >= 0.3 is 0 Å². The van der Waals surface area contributed by atoms with Crippen LogP contribution in [0.2, 0.25) is 0 Å². The van der Waals surface area contributed by atoms with E-state index in [-0.39, 0.29) is 0 Å². The van der Waals surface area contributed by atoms with Gasteiger partial charge in [-0.15, -0.1) is 0 Å².